The zero-order valence-corrected chi connectivity index (χ0v) is 18.5. The molecule has 1 unspecified atom stereocenters. The predicted molar refractivity (Wildman–Crippen MR) is 120 cm³/mol. The number of aliphatic carboxylic acids is 1. The fraction of sp³-hybridized carbons (Fsp3) is 0.478. The van der Waals surface area contributed by atoms with Crippen LogP contribution in [-0.2, 0) is 9.59 Å². The fourth-order valence-electron chi connectivity index (χ4n) is 3.29. The molecule has 1 amide bonds. The number of rotatable bonds is 8. The zero-order valence-electron chi connectivity index (χ0n) is 17.6. The molecule has 4 nitrogen and oxygen atoms in total. The number of hydrogen-bond donors (Lipinski definition) is 3. The molecule has 1 rings (SSSR count). The van der Waals surface area contributed by atoms with E-state index in [1.54, 1.807) is 6.92 Å². The highest BCUT2D eigenvalue weighted by molar-refractivity contribution is 7.80. The fourth-order valence-corrected chi connectivity index (χ4v) is 3.53. The SMILES string of the molecule is CC(C=CC1=C(C)CCCC1(C)C)=CC=CC(C)=CC(=O)NC(CS)C(=O)O. The van der Waals surface area contributed by atoms with Crippen molar-refractivity contribution in [2.75, 3.05) is 5.75 Å². The largest absolute Gasteiger partial charge is 0.480 e. The van der Waals surface area contributed by atoms with E-state index in [1.165, 1.54) is 36.5 Å². The van der Waals surface area contributed by atoms with Gasteiger partial charge in [-0.1, -0.05) is 55.4 Å². The van der Waals surface area contributed by atoms with Crippen LogP contribution < -0.4 is 5.32 Å². The smallest absolute Gasteiger partial charge is 0.327 e. The Labute approximate surface area is 174 Å². The number of amides is 1. The van der Waals surface area contributed by atoms with Crippen LogP contribution >= 0.6 is 12.6 Å². The maximum Gasteiger partial charge on any atom is 0.327 e. The standard InChI is InChI=1S/C23H33NO3S/c1-16(11-12-19-18(3)10-7-13-23(19,4)5)8-6-9-17(2)14-21(25)24-20(15-28)22(26)27/h6,8-9,11-12,14,20,28H,7,10,13,15H2,1-5H3,(H,24,25)(H,26,27). The molecule has 0 heterocycles. The molecule has 2 N–H and O–H groups in total. The van der Waals surface area contributed by atoms with Gasteiger partial charge in [-0.2, -0.15) is 12.6 Å². The van der Waals surface area contributed by atoms with E-state index in [1.807, 2.05) is 25.2 Å². The number of thiol groups is 1. The second-order valence-electron chi connectivity index (χ2n) is 8.00. The van der Waals surface area contributed by atoms with Crippen LogP contribution in [0.25, 0.3) is 0 Å². The number of carbonyl (C=O) groups is 2. The van der Waals surface area contributed by atoms with E-state index >= 15 is 0 Å². The first-order valence-corrected chi connectivity index (χ1v) is 10.3. The molecule has 0 saturated heterocycles. The van der Waals surface area contributed by atoms with Crippen LogP contribution in [0.5, 0.6) is 0 Å². The van der Waals surface area contributed by atoms with Gasteiger partial charge in [0.25, 0.3) is 0 Å². The molecule has 154 valence electrons. The molecular weight excluding hydrogens is 370 g/mol. The summed E-state index contributed by atoms with van der Waals surface area (Å²) in [5.41, 5.74) is 4.99. The number of carboxylic acids is 1. The van der Waals surface area contributed by atoms with Crippen molar-refractivity contribution in [1.82, 2.24) is 5.32 Å². The second kappa shape index (κ2) is 11.1. The number of nitrogens with one attached hydrogen (secondary N) is 1. The Kier molecular flexibility index (Phi) is 9.53. The van der Waals surface area contributed by atoms with Gasteiger partial charge < -0.3 is 10.4 Å². The first-order valence-electron chi connectivity index (χ1n) is 9.62. The lowest BCUT2D eigenvalue weighted by atomic mass is 9.72. The maximum atomic E-state index is 11.8. The van der Waals surface area contributed by atoms with Gasteiger partial charge in [0.15, 0.2) is 0 Å². The number of carbonyl (C=O) groups excluding carboxylic acids is 1. The summed E-state index contributed by atoms with van der Waals surface area (Å²) in [6.07, 6.45) is 15.1. The third kappa shape index (κ3) is 7.93. The van der Waals surface area contributed by atoms with Crippen LogP contribution in [0.1, 0.15) is 53.9 Å². The van der Waals surface area contributed by atoms with Gasteiger partial charge in [0.1, 0.15) is 6.04 Å². The molecule has 0 aliphatic heterocycles. The topological polar surface area (TPSA) is 66.4 Å². The summed E-state index contributed by atoms with van der Waals surface area (Å²) < 4.78 is 0. The summed E-state index contributed by atoms with van der Waals surface area (Å²) in [4.78, 5) is 22.8. The Morgan fingerprint density at radius 1 is 1.25 bits per heavy atom. The Hall–Kier alpha value is -2.01. The van der Waals surface area contributed by atoms with Crippen LogP contribution in [-0.4, -0.2) is 28.8 Å². The van der Waals surface area contributed by atoms with Gasteiger partial charge >= 0.3 is 5.97 Å². The van der Waals surface area contributed by atoms with E-state index in [4.69, 9.17) is 5.11 Å². The van der Waals surface area contributed by atoms with E-state index in [2.05, 4.69) is 50.9 Å². The van der Waals surface area contributed by atoms with E-state index in [0.717, 1.165) is 11.1 Å². The van der Waals surface area contributed by atoms with Crippen LogP contribution in [0.2, 0.25) is 0 Å². The molecule has 1 atom stereocenters. The van der Waals surface area contributed by atoms with Crippen molar-refractivity contribution in [1.29, 1.82) is 0 Å². The molecule has 1 aliphatic carbocycles. The highest BCUT2D eigenvalue weighted by Gasteiger charge is 2.26. The summed E-state index contributed by atoms with van der Waals surface area (Å²) in [6.45, 7) is 10.7. The molecule has 0 bridgehead atoms. The minimum absolute atomic E-state index is 0.0464. The third-order valence-electron chi connectivity index (χ3n) is 4.93. The number of hydrogen-bond acceptors (Lipinski definition) is 3. The average molecular weight is 404 g/mol. The molecule has 0 fully saturated rings. The zero-order chi connectivity index (χ0) is 21.3. The van der Waals surface area contributed by atoms with E-state index < -0.39 is 17.9 Å². The van der Waals surface area contributed by atoms with Gasteiger partial charge in [-0.15, -0.1) is 0 Å². The highest BCUT2D eigenvalue weighted by atomic mass is 32.1. The van der Waals surface area contributed by atoms with E-state index in [0.29, 0.717) is 0 Å². The summed E-state index contributed by atoms with van der Waals surface area (Å²) >= 11 is 3.93. The van der Waals surface area contributed by atoms with Crippen molar-refractivity contribution in [3.8, 4) is 0 Å². The molecule has 0 aromatic carbocycles. The van der Waals surface area contributed by atoms with Gasteiger partial charge in [0.05, 0.1) is 0 Å². The Bertz CT molecular complexity index is 739. The summed E-state index contributed by atoms with van der Waals surface area (Å²) in [6, 6.07) is -0.988. The van der Waals surface area contributed by atoms with Gasteiger partial charge in [-0.25, -0.2) is 4.79 Å². The molecule has 0 aromatic heterocycles. The lowest BCUT2D eigenvalue weighted by Crippen LogP contribution is -2.41. The molecule has 28 heavy (non-hydrogen) atoms. The lowest BCUT2D eigenvalue weighted by molar-refractivity contribution is -0.140. The molecule has 0 radical (unpaired) electrons. The molecule has 1 aliphatic rings. The Balaban J connectivity index is 2.72. The van der Waals surface area contributed by atoms with Crippen molar-refractivity contribution in [2.24, 2.45) is 5.41 Å². The molecular formula is C23H33NO3S. The number of carboxylic acid groups (broad SMARTS) is 1. The normalized spacial score (nSPS) is 19.4. The molecule has 5 heteroatoms. The minimum atomic E-state index is -1.10. The van der Waals surface area contributed by atoms with Crippen LogP contribution in [0.4, 0.5) is 0 Å². The second-order valence-corrected chi connectivity index (χ2v) is 8.37. The maximum absolute atomic E-state index is 11.8. The first-order chi connectivity index (χ1) is 13.1. The third-order valence-corrected chi connectivity index (χ3v) is 5.29. The van der Waals surface area contributed by atoms with Gasteiger partial charge in [0.2, 0.25) is 5.91 Å². The van der Waals surface area contributed by atoms with E-state index in [-0.39, 0.29) is 11.2 Å². The summed E-state index contributed by atoms with van der Waals surface area (Å²) in [5.74, 6) is -1.49. The molecule has 0 saturated carbocycles. The monoisotopic (exact) mass is 403 g/mol. The van der Waals surface area contributed by atoms with Crippen LogP contribution in [0.3, 0.4) is 0 Å². The minimum Gasteiger partial charge on any atom is -0.480 e. The van der Waals surface area contributed by atoms with Crippen molar-refractivity contribution in [3.05, 3.63) is 58.7 Å². The quantitative estimate of drug-likeness (QED) is 0.303. The van der Waals surface area contributed by atoms with Crippen LogP contribution in [0.15, 0.2) is 58.7 Å². The Morgan fingerprint density at radius 3 is 2.50 bits per heavy atom. The van der Waals surface area contributed by atoms with Gasteiger partial charge in [0, 0.05) is 11.8 Å². The first kappa shape index (κ1) is 24.0. The Morgan fingerprint density at radius 2 is 1.93 bits per heavy atom. The van der Waals surface area contributed by atoms with Crippen molar-refractivity contribution < 1.29 is 14.7 Å². The van der Waals surface area contributed by atoms with E-state index in [9.17, 15) is 9.59 Å². The van der Waals surface area contributed by atoms with Crippen molar-refractivity contribution in [2.45, 2.75) is 59.9 Å². The van der Waals surface area contributed by atoms with Crippen molar-refractivity contribution in [3.63, 3.8) is 0 Å². The highest BCUT2D eigenvalue weighted by Crippen LogP contribution is 2.40. The lowest BCUT2D eigenvalue weighted by Gasteiger charge is -2.32. The summed E-state index contributed by atoms with van der Waals surface area (Å²) in [5, 5.41) is 11.3. The van der Waals surface area contributed by atoms with Crippen molar-refractivity contribution >= 4 is 24.5 Å². The van der Waals surface area contributed by atoms with Crippen LogP contribution in [0, 0.1) is 5.41 Å². The predicted octanol–water partition coefficient (Wildman–Crippen LogP) is 5.02. The molecule has 0 aromatic rings. The summed E-state index contributed by atoms with van der Waals surface area (Å²) in [7, 11) is 0. The van der Waals surface area contributed by atoms with Gasteiger partial charge in [-0.05, 0) is 56.6 Å². The van der Waals surface area contributed by atoms with Gasteiger partial charge in [-0.3, -0.25) is 4.79 Å². The molecule has 0 spiro atoms. The number of allylic oxidation sites excluding steroid dienone is 9. The average Bonchev–Trinajstić information content (AvgIpc) is 2.58.